The zero-order chi connectivity index (χ0) is 33.3. The molecule has 8 nitrogen and oxygen atoms in total. The van der Waals surface area contributed by atoms with Gasteiger partial charge in [0.15, 0.2) is 6.10 Å². The number of carbonyl (C=O) groups is 2. The maximum atomic E-state index is 12.3. The molecular weight excluding hydrogens is 591 g/mol. The number of ether oxygens (including phenoxy) is 2. The summed E-state index contributed by atoms with van der Waals surface area (Å²) in [5.74, 6) is -0.904. The molecule has 0 rings (SSSR count). The van der Waals surface area contributed by atoms with E-state index in [0.717, 1.165) is 38.5 Å². The molecule has 0 radical (unpaired) electrons. The highest BCUT2D eigenvalue weighted by Crippen LogP contribution is 2.36. The van der Waals surface area contributed by atoms with E-state index in [4.69, 9.17) is 19.3 Å². The number of phosphoric ester groups is 1. The van der Waals surface area contributed by atoms with Crippen LogP contribution in [0.15, 0.2) is 12.2 Å². The Bertz CT molecular complexity index is 751. The van der Waals surface area contributed by atoms with Crippen molar-refractivity contribution < 1.29 is 37.9 Å². The third-order valence-electron chi connectivity index (χ3n) is 8.03. The zero-order valence-electron chi connectivity index (χ0n) is 29.0. The van der Waals surface area contributed by atoms with Gasteiger partial charge in [-0.1, -0.05) is 148 Å². The minimum absolute atomic E-state index is 0.186. The summed E-state index contributed by atoms with van der Waals surface area (Å²) in [6.45, 7) is 3.66. The first-order valence-electron chi connectivity index (χ1n) is 18.5. The molecule has 266 valence electrons. The lowest BCUT2D eigenvalue weighted by Crippen LogP contribution is -2.29. The summed E-state index contributed by atoms with van der Waals surface area (Å²) in [5.41, 5.74) is 0. The molecule has 2 N–H and O–H groups in total. The van der Waals surface area contributed by atoms with Gasteiger partial charge in [0.1, 0.15) is 6.61 Å². The molecule has 0 aliphatic rings. The molecule has 0 aromatic rings. The summed E-state index contributed by atoms with van der Waals surface area (Å²) < 4.78 is 26.2. The van der Waals surface area contributed by atoms with E-state index in [2.05, 4.69) is 30.5 Å². The van der Waals surface area contributed by atoms with Gasteiger partial charge in [-0.25, -0.2) is 4.57 Å². The average Bonchev–Trinajstić information content (AvgIpc) is 3.00. The SMILES string of the molecule is CCCCCCCCCCC/C=C/CCCCC(=O)O[C@H](COC(=O)CCCCCCCCCCCCCC)COP(=O)(O)O. The van der Waals surface area contributed by atoms with E-state index in [1.807, 2.05) is 0 Å². The van der Waals surface area contributed by atoms with E-state index >= 15 is 0 Å². The van der Waals surface area contributed by atoms with Crippen LogP contribution in [0.3, 0.4) is 0 Å². The third-order valence-corrected chi connectivity index (χ3v) is 8.52. The third kappa shape index (κ3) is 35.5. The van der Waals surface area contributed by atoms with E-state index in [-0.39, 0.29) is 19.4 Å². The van der Waals surface area contributed by atoms with Gasteiger partial charge in [-0.3, -0.25) is 14.1 Å². The maximum Gasteiger partial charge on any atom is 0.469 e. The first-order valence-corrected chi connectivity index (χ1v) is 20.0. The van der Waals surface area contributed by atoms with Crippen LogP contribution in [0.4, 0.5) is 0 Å². The van der Waals surface area contributed by atoms with Crippen molar-refractivity contribution in [2.24, 2.45) is 0 Å². The van der Waals surface area contributed by atoms with Crippen molar-refractivity contribution in [1.82, 2.24) is 0 Å². The van der Waals surface area contributed by atoms with Gasteiger partial charge in [0.25, 0.3) is 0 Å². The number of esters is 2. The Kier molecular flexibility index (Phi) is 31.8. The molecule has 0 spiro atoms. The van der Waals surface area contributed by atoms with Gasteiger partial charge in [0.05, 0.1) is 6.61 Å². The van der Waals surface area contributed by atoms with Crippen LogP contribution in [0.1, 0.15) is 187 Å². The Morgan fingerprint density at radius 1 is 0.556 bits per heavy atom. The van der Waals surface area contributed by atoms with Gasteiger partial charge < -0.3 is 19.3 Å². The van der Waals surface area contributed by atoms with Crippen molar-refractivity contribution in [1.29, 1.82) is 0 Å². The molecule has 0 amide bonds. The highest BCUT2D eigenvalue weighted by atomic mass is 31.2. The molecular formula is C36H69O8P. The summed E-state index contributed by atoms with van der Waals surface area (Å²) in [4.78, 5) is 42.6. The highest BCUT2D eigenvalue weighted by Gasteiger charge is 2.22. The van der Waals surface area contributed by atoms with Gasteiger partial charge in [0, 0.05) is 12.8 Å². The second kappa shape index (κ2) is 32.7. The molecule has 1 atom stereocenters. The second-order valence-electron chi connectivity index (χ2n) is 12.6. The van der Waals surface area contributed by atoms with Crippen LogP contribution < -0.4 is 0 Å². The maximum absolute atomic E-state index is 12.3. The lowest BCUT2D eigenvalue weighted by Gasteiger charge is -2.18. The van der Waals surface area contributed by atoms with Crippen LogP contribution in [0.5, 0.6) is 0 Å². The van der Waals surface area contributed by atoms with Crippen molar-refractivity contribution in [3.63, 3.8) is 0 Å². The van der Waals surface area contributed by atoms with Crippen molar-refractivity contribution >= 4 is 19.8 Å². The smallest absolute Gasteiger partial charge is 0.462 e. The van der Waals surface area contributed by atoms with Gasteiger partial charge in [-0.2, -0.15) is 0 Å². The van der Waals surface area contributed by atoms with Crippen LogP contribution in [-0.4, -0.2) is 41.0 Å². The van der Waals surface area contributed by atoms with Gasteiger partial charge in [-0.05, 0) is 38.5 Å². The summed E-state index contributed by atoms with van der Waals surface area (Å²) >= 11 is 0. The minimum atomic E-state index is -4.75. The lowest BCUT2D eigenvalue weighted by molar-refractivity contribution is -0.161. The van der Waals surface area contributed by atoms with Crippen molar-refractivity contribution in [3.8, 4) is 0 Å². The van der Waals surface area contributed by atoms with Crippen LogP contribution in [0.2, 0.25) is 0 Å². The molecule has 0 aliphatic carbocycles. The Hall–Kier alpha value is -1.21. The molecule has 0 bridgehead atoms. The van der Waals surface area contributed by atoms with Crippen molar-refractivity contribution in [2.45, 2.75) is 193 Å². The summed E-state index contributed by atoms with van der Waals surface area (Å²) in [5, 5.41) is 0. The molecule has 9 heteroatoms. The average molecular weight is 661 g/mol. The van der Waals surface area contributed by atoms with Crippen LogP contribution in [0, 0.1) is 0 Å². The van der Waals surface area contributed by atoms with Gasteiger partial charge in [-0.15, -0.1) is 0 Å². The molecule has 0 aromatic heterocycles. The molecule has 0 fully saturated rings. The fourth-order valence-corrected chi connectivity index (χ4v) is 5.61. The van der Waals surface area contributed by atoms with Gasteiger partial charge in [0.2, 0.25) is 0 Å². The number of carbonyl (C=O) groups excluding carboxylic acids is 2. The molecule has 0 aliphatic heterocycles. The number of rotatable bonds is 34. The summed E-state index contributed by atoms with van der Waals surface area (Å²) in [7, 11) is -4.75. The van der Waals surface area contributed by atoms with E-state index in [9.17, 15) is 14.2 Å². The Balaban J connectivity index is 3.99. The molecule has 0 heterocycles. The fourth-order valence-electron chi connectivity index (χ4n) is 5.25. The second-order valence-corrected chi connectivity index (χ2v) is 13.8. The predicted molar refractivity (Wildman–Crippen MR) is 184 cm³/mol. The predicted octanol–water partition coefficient (Wildman–Crippen LogP) is 10.7. The molecule has 45 heavy (non-hydrogen) atoms. The summed E-state index contributed by atoms with van der Waals surface area (Å²) in [6, 6.07) is 0. The van der Waals surface area contributed by atoms with Crippen LogP contribution in [-0.2, 0) is 28.2 Å². The zero-order valence-corrected chi connectivity index (χ0v) is 29.9. The highest BCUT2D eigenvalue weighted by molar-refractivity contribution is 7.46. The van der Waals surface area contributed by atoms with E-state index < -0.39 is 32.5 Å². The first kappa shape index (κ1) is 43.8. The van der Waals surface area contributed by atoms with Crippen molar-refractivity contribution in [2.75, 3.05) is 13.2 Å². The molecule has 0 aromatic carbocycles. The van der Waals surface area contributed by atoms with Crippen molar-refractivity contribution in [3.05, 3.63) is 12.2 Å². The Labute approximate surface area is 276 Å². The first-order chi connectivity index (χ1) is 21.8. The normalized spacial score (nSPS) is 12.5. The Morgan fingerprint density at radius 2 is 0.933 bits per heavy atom. The molecule has 0 unspecified atom stereocenters. The monoisotopic (exact) mass is 660 g/mol. The minimum Gasteiger partial charge on any atom is -0.462 e. The fraction of sp³-hybridized carbons (Fsp3) is 0.889. The quantitative estimate of drug-likeness (QED) is 0.0303. The van der Waals surface area contributed by atoms with E-state index in [1.165, 1.54) is 116 Å². The van der Waals surface area contributed by atoms with E-state index in [0.29, 0.717) is 6.42 Å². The van der Waals surface area contributed by atoms with Gasteiger partial charge >= 0.3 is 19.8 Å². The number of hydrogen-bond acceptors (Lipinski definition) is 6. The number of allylic oxidation sites excluding steroid dienone is 2. The Morgan fingerprint density at radius 3 is 1.40 bits per heavy atom. The largest absolute Gasteiger partial charge is 0.469 e. The van der Waals surface area contributed by atoms with E-state index in [1.54, 1.807) is 0 Å². The van der Waals surface area contributed by atoms with Crippen LogP contribution in [0.25, 0.3) is 0 Å². The lowest BCUT2D eigenvalue weighted by atomic mass is 10.0. The standard InChI is InChI=1S/C36H69O8P/c1-3-5-7-9-11-13-15-17-18-19-21-23-25-27-29-31-36(38)44-34(33-43-45(39,40)41)32-42-35(37)30-28-26-24-22-20-16-14-12-10-8-6-4-2/h21,23,34H,3-20,22,24-33H2,1-2H3,(H2,39,40,41)/b23-21+/t34-/m1/s1. The molecule has 0 saturated heterocycles. The number of hydrogen-bond donors (Lipinski definition) is 2. The number of unbranched alkanes of at least 4 members (excludes halogenated alkanes) is 22. The van der Waals surface area contributed by atoms with Crippen LogP contribution >= 0.6 is 7.82 Å². The molecule has 0 saturated carbocycles. The number of phosphoric acid groups is 1. The topological polar surface area (TPSA) is 119 Å². The summed E-state index contributed by atoms with van der Waals surface area (Å²) in [6.07, 6.45) is 33.6.